The number of rotatable bonds is 10. The van der Waals surface area contributed by atoms with Crippen LogP contribution in [-0.2, 0) is 17.8 Å². The highest BCUT2D eigenvalue weighted by Crippen LogP contribution is 2.41. The average Bonchev–Trinajstić information content (AvgIpc) is 2.91. The summed E-state index contributed by atoms with van der Waals surface area (Å²) in [4.78, 5) is 37.0. The number of ether oxygens (including phenoxy) is 2. The van der Waals surface area contributed by atoms with Crippen LogP contribution in [0.15, 0.2) is 55.3 Å². The van der Waals surface area contributed by atoms with Crippen molar-refractivity contribution >= 4 is 46.6 Å². The van der Waals surface area contributed by atoms with Crippen molar-refractivity contribution in [2.45, 2.75) is 20.4 Å². The number of allylic oxidation sites excluding steroid dienone is 1. The van der Waals surface area contributed by atoms with E-state index in [0.717, 1.165) is 5.56 Å². The number of hydrogen-bond acceptors (Lipinski definition) is 7. The van der Waals surface area contributed by atoms with E-state index < -0.39 is 12.7 Å². The molecular formula is C27H29ClFN5O4. The Morgan fingerprint density at radius 3 is 2.71 bits per heavy atom. The maximum absolute atomic E-state index is 13.6. The number of urea groups is 1. The van der Waals surface area contributed by atoms with Crippen LogP contribution in [0.1, 0.15) is 18.6 Å². The number of anilines is 4. The molecule has 0 bridgehead atoms. The summed E-state index contributed by atoms with van der Waals surface area (Å²) in [5, 5.41) is 3.32. The van der Waals surface area contributed by atoms with E-state index in [0.29, 0.717) is 28.4 Å². The molecule has 2 aromatic carbocycles. The van der Waals surface area contributed by atoms with Crippen molar-refractivity contribution in [3.63, 3.8) is 0 Å². The number of halogens is 2. The van der Waals surface area contributed by atoms with E-state index in [-0.39, 0.29) is 49.5 Å². The average molecular weight is 542 g/mol. The van der Waals surface area contributed by atoms with Gasteiger partial charge in [0.2, 0.25) is 5.95 Å². The Morgan fingerprint density at radius 1 is 1.26 bits per heavy atom. The lowest BCUT2D eigenvalue weighted by atomic mass is 10.1. The summed E-state index contributed by atoms with van der Waals surface area (Å²) in [5.41, 5.74) is 2.30. The van der Waals surface area contributed by atoms with E-state index in [4.69, 9.17) is 21.1 Å². The van der Waals surface area contributed by atoms with Gasteiger partial charge in [-0.3, -0.25) is 14.6 Å². The zero-order valence-electron chi connectivity index (χ0n) is 20.3. The molecule has 2 amide bonds. The minimum absolute atomic E-state index is 0. The van der Waals surface area contributed by atoms with Gasteiger partial charge in [0.25, 0.3) is 0 Å². The third-order valence-corrected chi connectivity index (χ3v) is 6.17. The van der Waals surface area contributed by atoms with Gasteiger partial charge in [-0.2, -0.15) is 4.98 Å². The number of methoxy groups -OCH3 is 2. The number of para-hydroxylation sites is 1. The van der Waals surface area contributed by atoms with Crippen LogP contribution < -0.4 is 24.6 Å². The van der Waals surface area contributed by atoms with Crippen LogP contribution in [-0.4, -0.2) is 49.2 Å². The molecule has 0 atom stereocenters. The van der Waals surface area contributed by atoms with Crippen molar-refractivity contribution in [1.29, 1.82) is 0 Å². The van der Waals surface area contributed by atoms with E-state index in [2.05, 4.69) is 21.9 Å². The molecule has 9 nitrogen and oxygen atoms in total. The van der Waals surface area contributed by atoms with Gasteiger partial charge in [0.05, 0.1) is 33.0 Å². The van der Waals surface area contributed by atoms with Crippen molar-refractivity contribution in [3.05, 3.63) is 71.4 Å². The predicted molar refractivity (Wildman–Crippen MR) is 147 cm³/mol. The molecule has 3 aromatic rings. The molecule has 0 saturated carbocycles. The van der Waals surface area contributed by atoms with Gasteiger partial charge >= 0.3 is 6.03 Å². The molecule has 0 radical (unpaired) electrons. The highest BCUT2D eigenvalue weighted by molar-refractivity contribution is 6.35. The Morgan fingerprint density at radius 2 is 2.03 bits per heavy atom. The summed E-state index contributed by atoms with van der Waals surface area (Å²) in [6.07, 6.45) is 2.99. The minimum atomic E-state index is -0.784. The standard InChI is InChI=1S/C26H25ClFN5O4.CH4/c1-4-18(34)11-16-7-5-6-8-20(16)30-25-29-14-17-15-33(26(35)32(10-9-28)24(17)31-25)21-12-19(36-2)13-22(37-3)23(21)27;/h4-8,12-14H,1,9-11,15H2,2-3H3,(H,29,30,31);1H4. The smallest absolute Gasteiger partial charge is 0.330 e. The Bertz CT molecular complexity index is 1350. The molecule has 1 aliphatic heterocycles. The predicted octanol–water partition coefficient (Wildman–Crippen LogP) is 5.74. The Labute approximate surface area is 225 Å². The first-order chi connectivity index (χ1) is 17.9. The summed E-state index contributed by atoms with van der Waals surface area (Å²) in [6.45, 7) is 2.61. The monoisotopic (exact) mass is 541 g/mol. The minimum Gasteiger partial charge on any atom is -0.497 e. The van der Waals surface area contributed by atoms with Gasteiger partial charge in [-0.1, -0.05) is 43.8 Å². The van der Waals surface area contributed by atoms with Crippen LogP contribution >= 0.6 is 11.6 Å². The van der Waals surface area contributed by atoms with E-state index in [1.807, 2.05) is 18.2 Å². The fraction of sp³-hybridized carbons (Fsp3) is 0.259. The van der Waals surface area contributed by atoms with Crippen molar-refractivity contribution in [3.8, 4) is 11.5 Å². The van der Waals surface area contributed by atoms with Crippen molar-refractivity contribution < 1.29 is 23.5 Å². The van der Waals surface area contributed by atoms with Crippen molar-refractivity contribution in [2.24, 2.45) is 0 Å². The van der Waals surface area contributed by atoms with E-state index in [1.54, 1.807) is 24.4 Å². The summed E-state index contributed by atoms with van der Waals surface area (Å²) < 4.78 is 24.2. The van der Waals surface area contributed by atoms with Crippen LogP contribution in [0.25, 0.3) is 0 Å². The molecule has 0 spiro atoms. The number of fused-ring (bicyclic) bond motifs is 1. The highest BCUT2D eigenvalue weighted by atomic mass is 35.5. The number of ketones is 1. The number of carbonyl (C=O) groups is 2. The van der Waals surface area contributed by atoms with Gasteiger partial charge in [0.15, 0.2) is 5.78 Å². The number of hydrogen-bond donors (Lipinski definition) is 1. The third kappa shape index (κ3) is 5.70. The lowest BCUT2D eigenvalue weighted by Gasteiger charge is -2.36. The zero-order valence-corrected chi connectivity index (χ0v) is 21.1. The van der Waals surface area contributed by atoms with Gasteiger partial charge in [-0.15, -0.1) is 0 Å². The SMILES string of the molecule is C.C=CC(=O)Cc1ccccc1Nc1ncc2c(n1)N(CCF)C(=O)N(c1cc(OC)cc(OC)c1Cl)C2. The summed E-state index contributed by atoms with van der Waals surface area (Å²) >= 11 is 6.53. The van der Waals surface area contributed by atoms with Crippen LogP contribution in [0.5, 0.6) is 11.5 Å². The first-order valence-corrected chi connectivity index (χ1v) is 11.7. The topological polar surface area (TPSA) is 96.9 Å². The maximum atomic E-state index is 13.6. The number of amides is 2. The van der Waals surface area contributed by atoms with Crippen molar-refractivity contribution in [1.82, 2.24) is 9.97 Å². The molecule has 0 fully saturated rings. The first kappa shape index (κ1) is 28.4. The second kappa shape index (κ2) is 12.4. The molecule has 4 rings (SSSR count). The first-order valence-electron chi connectivity index (χ1n) is 11.3. The molecule has 0 unspecified atom stereocenters. The molecule has 0 saturated heterocycles. The quantitative estimate of drug-likeness (QED) is 0.327. The Hall–Kier alpha value is -4.18. The normalized spacial score (nSPS) is 12.4. The van der Waals surface area contributed by atoms with Crippen LogP contribution in [0.4, 0.5) is 32.3 Å². The molecule has 200 valence electrons. The third-order valence-electron chi connectivity index (χ3n) is 5.79. The molecule has 0 aliphatic carbocycles. The molecule has 11 heteroatoms. The molecule has 1 aliphatic rings. The second-order valence-electron chi connectivity index (χ2n) is 8.04. The lowest BCUT2D eigenvalue weighted by Crippen LogP contribution is -2.49. The van der Waals surface area contributed by atoms with E-state index in [9.17, 15) is 14.0 Å². The largest absolute Gasteiger partial charge is 0.497 e. The van der Waals surface area contributed by atoms with Gasteiger partial charge in [0, 0.05) is 36.0 Å². The fourth-order valence-electron chi connectivity index (χ4n) is 3.95. The number of aromatic nitrogens is 2. The molecule has 1 N–H and O–H groups in total. The molecular weight excluding hydrogens is 513 g/mol. The van der Waals surface area contributed by atoms with Crippen molar-refractivity contribution in [2.75, 3.05) is 42.6 Å². The molecule has 38 heavy (non-hydrogen) atoms. The molecule has 1 aromatic heterocycles. The Balaban J connectivity index is 0.00000400. The van der Waals surface area contributed by atoms with Crippen LogP contribution in [0, 0.1) is 0 Å². The number of nitrogens with one attached hydrogen (secondary N) is 1. The number of benzene rings is 2. The summed E-state index contributed by atoms with van der Waals surface area (Å²) in [6, 6.07) is 9.94. The summed E-state index contributed by atoms with van der Waals surface area (Å²) in [5.74, 6) is 1.12. The lowest BCUT2D eigenvalue weighted by molar-refractivity contribution is -0.114. The summed E-state index contributed by atoms with van der Waals surface area (Å²) in [7, 11) is 2.95. The second-order valence-corrected chi connectivity index (χ2v) is 8.42. The van der Waals surface area contributed by atoms with Gasteiger partial charge in [-0.05, 0) is 17.7 Å². The van der Waals surface area contributed by atoms with E-state index in [1.165, 1.54) is 30.1 Å². The van der Waals surface area contributed by atoms with Crippen LogP contribution in [0.3, 0.4) is 0 Å². The van der Waals surface area contributed by atoms with Gasteiger partial charge < -0.3 is 14.8 Å². The maximum Gasteiger partial charge on any atom is 0.330 e. The van der Waals surface area contributed by atoms with Crippen LogP contribution in [0.2, 0.25) is 5.02 Å². The zero-order chi connectivity index (χ0) is 26.5. The fourth-order valence-corrected chi connectivity index (χ4v) is 4.24. The molecule has 2 heterocycles. The number of carbonyl (C=O) groups excluding carboxylic acids is 2. The highest BCUT2D eigenvalue weighted by Gasteiger charge is 2.35. The van der Waals surface area contributed by atoms with Gasteiger partial charge in [0.1, 0.15) is 29.0 Å². The number of nitrogens with zero attached hydrogens (tertiary/aromatic N) is 4. The van der Waals surface area contributed by atoms with E-state index >= 15 is 0 Å². The number of alkyl halides is 1. The van der Waals surface area contributed by atoms with Gasteiger partial charge in [-0.25, -0.2) is 14.2 Å². The Kier molecular flexibility index (Phi) is 9.25.